The summed E-state index contributed by atoms with van der Waals surface area (Å²) in [5.74, 6) is -0.761. The van der Waals surface area contributed by atoms with Crippen molar-refractivity contribution in [2.75, 3.05) is 13.1 Å². The Hall–Kier alpha value is -2.71. The van der Waals surface area contributed by atoms with E-state index in [4.69, 9.17) is 0 Å². The number of nitrogens with zero attached hydrogens (tertiary/aromatic N) is 1. The Morgan fingerprint density at radius 2 is 1.56 bits per heavy atom. The molecule has 1 heterocycles. The quantitative estimate of drug-likeness (QED) is 0.507. The third kappa shape index (κ3) is 7.40. The van der Waals surface area contributed by atoms with E-state index in [9.17, 15) is 18.0 Å². The molecule has 1 fully saturated rings. The van der Waals surface area contributed by atoms with E-state index in [1.807, 2.05) is 45.9 Å². The van der Waals surface area contributed by atoms with Gasteiger partial charge in [-0.05, 0) is 63.1 Å². The van der Waals surface area contributed by atoms with Crippen molar-refractivity contribution in [3.63, 3.8) is 0 Å². The molecule has 2 aromatic carbocycles. The molecule has 0 aromatic heterocycles. The second-order valence-electron chi connectivity index (χ2n) is 10.2. The lowest BCUT2D eigenvalue weighted by Crippen LogP contribution is -2.53. The third-order valence-electron chi connectivity index (χ3n) is 6.83. The Balaban J connectivity index is 1.51. The summed E-state index contributed by atoms with van der Waals surface area (Å²) in [5.41, 5.74) is 2.22. The molecule has 3 rings (SSSR count). The van der Waals surface area contributed by atoms with E-state index in [0.29, 0.717) is 12.8 Å². The average molecular weight is 514 g/mol. The van der Waals surface area contributed by atoms with Gasteiger partial charge < -0.3 is 10.6 Å². The lowest BCUT2D eigenvalue weighted by molar-refractivity contribution is -0.133. The summed E-state index contributed by atoms with van der Waals surface area (Å²) in [4.78, 5) is 26.3. The first kappa shape index (κ1) is 27.9. The molecule has 2 aromatic rings. The molecule has 2 N–H and O–H groups in total. The fourth-order valence-electron chi connectivity index (χ4n) is 4.46. The molecule has 0 radical (unpaired) electrons. The van der Waals surface area contributed by atoms with Gasteiger partial charge in [0.2, 0.25) is 21.8 Å². The number of piperidine rings is 1. The second-order valence-corrected chi connectivity index (χ2v) is 12.1. The molecule has 0 saturated carbocycles. The summed E-state index contributed by atoms with van der Waals surface area (Å²) in [6.07, 6.45) is 2.53. The van der Waals surface area contributed by atoms with Crippen molar-refractivity contribution in [1.29, 1.82) is 0 Å². The summed E-state index contributed by atoms with van der Waals surface area (Å²) < 4.78 is 27.3. The van der Waals surface area contributed by atoms with Gasteiger partial charge in [0.25, 0.3) is 0 Å². The van der Waals surface area contributed by atoms with E-state index in [2.05, 4.69) is 22.8 Å². The molecule has 1 aliphatic heterocycles. The highest BCUT2D eigenvalue weighted by Crippen LogP contribution is 2.24. The fourth-order valence-corrected chi connectivity index (χ4v) is 5.93. The van der Waals surface area contributed by atoms with Gasteiger partial charge in [0.05, 0.1) is 4.90 Å². The van der Waals surface area contributed by atoms with Gasteiger partial charge in [-0.15, -0.1) is 0 Å². The molecule has 0 aliphatic carbocycles. The number of nitrogens with one attached hydrogen (secondary N) is 2. The van der Waals surface area contributed by atoms with E-state index in [0.717, 1.165) is 18.4 Å². The van der Waals surface area contributed by atoms with Crippen LogP contribution >= 0.6 is 0 Å². The molecule has 0 unspecified atom stereocenters. The van der Waals surface area contributed by atoms with Crippen LogP contribution in [0.3, 0.4) is 0 Å². The van der Waals surface area contributed by atoms with Crippen LogP contribution in [0.4, 0.5) is 0 Å². The van der Waals surface area contributed by atoms with E-state index in [1.165, 1.54) is 9.87 Å². The number of carbonyl (C=O) groups excluding carboxylic acids is 2. The van der Waals surface area contributed by atoms with Crippen molar-refractivity contribution in [3.05, 3.63) is 65.7 Å². The van der Waals surface area contributed by atoms with Gasteiger partial charge in [-0.25, -0.2) is 8.42 Å². The molecule has 1 saturated heterocycles. The number of benzene rings is 2. The third-order valence-corrected chi connectivity index (χ3v) is 8.74. The molecular formula is C28H39N3O4S. The minimum Gasteiger partial charge on any atom is -0.352 e. The van der Waals surface area contributed by atoms with Crippen molar-refractivity contribution in [2.45, 2.75) is 70.4 Å². The van der Waals surface area contributed by atoms with Crippen LogP contribution in [0, 0.1) is 18.8 Å². The van der Waals surface area contributed by atoms with Crippen molar-refractivity contribution in [3.8, 4) is 0 Å². The monoisotopic (exact) mass is 513 g/mol. The number of hydrogen-bond acceptors (Lipinski definition) is 4. The van der Waals surface area contributed by atoms with E-state index in [1.54, 1.807) is 24.3 Å². The second kappa shape index (κ2) is 12.5. The lowest BCUT2D eigenvalue weighted by atomic mass is 9.95. The van der Waals surface area contributed by atoms with Crippen molar-refractivity contribution in [1.82, 2.24) is 14.9 Å². The molecule has 8 heteroatoms. The topological polar surface area (TPSA) is 95.6 Å². The summed E-state index contributed by atoms with van der Waals surface area (Å²) >= 11 is 0. The van der Waals surface area contributed by atoms with Gasteiger partial charge in [0.1, 0.15) is 6.04 Å². The van der Waals surface area contributed by atoms with Crippen LogP contribution < -0.4 is 10.6 Å². The van der Waals surface area contributed by atoms with E-state index >= 15 is 0 Å². The summed E-state index contributed by atoms with van der Waals surface area (Å²) in [5, 5.41) is 5.99. The van der Waals surface area contributed by atoms with Crippen molar-refractivity contribution >= 4 is 21.8 Å². The van der Waals surface area contributed by atoms with Gasteiger partial charge >= 0.3 is 0 Å². The Bertz CT molecular complexity index is 1110. The first-order chi connectivity index (χ1) is 17.1. The predicted octanol–water partition coefficient (Wildman–Crippen LogP) is 3.67. The molecule has 1 aliphatic rings. The molecule has 0 bridgehead atoms. The van der Waals surface area contributed by atoms with E-state index in [-0.39, 0.29) is 47.7 Å². The van der Waals surface area contributed by atoms with Crippen molar-refractivity contribution in [2.24, 2.45) is 11.8 Å². The number of aryl methyl sites for hydroxylation is 2. The van der Waals surface area contributed by atoms with Gasteiger partial charge in [-0.1, -0.05) is 61.9 Å². The standard InChI is InChI=1S/C28H39N3O4S/c1-20(2)26(28(33)29-22(4)12-13-23-8-6-5-7-9-23)30-27(32)24-16-18-31(19-17-24)36(34,35)25-14-10-21(3)11-15-25/h5-11,14-15,20,22,24,26H,12-13,16-19H2,1-4H3,(H,29,33)(H,30,32)/t22-,26-/m0/s1. The normalized spacial score (nSPS) is 16.9. The first-order valence-corrected chi connectivity index (χ1v) is 14.2. The van der Waals surface area contributed by atoms with Crippen LogP contribution in [-0.2, 0) is 26.0 Å². The zero-order valence-corrected chi connectivity index (χ0v) is 22.6. The summed E-state index contributed by atoms with van der Waals surface area (Å²) in [6.45, 7) is 8.28. The zero-order chi connectivity index (χ0) is 26.3. The Kier molecular flexibility index (Phi) is 9.68. The minimum atomic E-state index is -3.58. The van der Waals surface area contributed by atoms with Gasteiger partial charge in [0.15, 0.2) is 0 Å². The molecular weight excluding hydrogens is 474 g/mol. The number of amides is 2. The molecule has 196 valence electrons. The zero-order valence-electron chi connectivity index (χ0n) is 21.7. The molecule has 2 atom stereocenters. The lowest BCUT2D eigenvalue weighted by Gasteiger charge is -2.32. The van der Waals surface area contributed by atoms with Crippen LogP contribution in [0.1, 0.15) is 51.2 Å². The highest BCUT2D eigenvalue weighted by Gasteiger charge is 2.34. The van der Waals surface area contributed by atoms with Crippen LogP contribution in [0.15, 0.2) is 59.5 Å². The van der Waals surface area contributed by atoms with Crippen LogP contribution in [0.5, 0.6) is 0 Å². The first-order valence-electron chi connectivity index (χ1n) is 12.8. The Labute approximate surface area is 215 Å². The largest absolute Gasteiger partial charge is 0.352 e. The molecule has 2 amide bonds. The highest BCUT2D eigenvalue weighted by molar-refractivity contribution is 7.89. The average Bonchev–Trinajstić information content (AvgIpc) is 2.86. The van der Waals surface area contributed by atoms with Gasteiger partial charge in [-0.2, -0.15) is 4.31 Å². The maximum absolute atomic E-state index is 13.0. The molecule has 7 nitrogen and oxygen atoms in total. The van der Waals surface area contributed by atoms with Crippen LogP contribution in [-0.4, -0.2) is 49.7 Å². The fraction of sp³-hybridized carbons (Fsp3) is 0.500. The predicted molar refractivity (Wildman–Crippen MR) is 142 cm³/mol. The molecule has 0 spiro atoms. The molecule has 36 heavy (non-hydrogen) atoms. The van der Waals surface area contributed by atoms with Gasteiger partial charge in [-0.3, -0.25) is 9.59 Å². The SMILES string of the molecule is Cc1ccc(S(=O)(=O)N2CCC(C(=O)N[C@H](C(=O)N[C@@H](C)CCc3ccccc3)C(C)C)CC2)cc1. The summed E-state index contributed by atoms with van der Waals surface area (Å²) in [7, 11) is -3.58. The Morgan fingerprint density at radius 3 is 2.14 bits per heavy atom. The number of sulfonamides is 1. The van der Waals surface area contributed by atoms with Crippen LogP contribution in [0.2, 0.25) is 0 Å². The number of rotatable bonds is 10. The van der Waals surface area contributed by atoms with E-state index < -0.39 is 16.1 Å². The summed E-state index contributed by atoms with van der Waals surface area (Å²) in [6, 6.07) is 16.3. The van der Waals surface area contributed by atoms with Gasteiger partial charge in [0, 0.05) is 25.0 Å². The minimum absolute atomic E-state index is 0.0222. The highest BCUT2D eigenvalue weighted by atomic mass is 32.2. The van der Waals surface area contributed by atoms with Crippen LogP contribution in [0.25, 0.3) is 0 Å². The van der Waals surface area contributed by atoms with Crippen molar-refractivity contribution < 1.29 is 18.0 Å². The Morgan fingerprint density at radius 1 is 0.944 bits per heavy atom. The maximum atomic E-state index is 13.0. The smallest absolute Gasteiger partial charge is 0.243 e. The maximum Gasteiger partial charge on any atom is 0.243 e. The number of hydrogen-bond donors (Lipinski definition) is 2. The number of carbonyl (C=O) groups is 2.